The second kappa shape index (κ2) is 5.69. The lowest BCUT2D eigenvalue weighted by atomic mass is 10.2. The molecule has 2 rings (SSSR count). The number of thiophene rings is 1. The molecule has 2 heterocycles. The van der Waals surface area contributed by atoms with Crippen LogP contribution in [0.4, 0.5) is 5.82 Å². The van der Waals surface area contributed by atoms with E-state index in [1.165, 1.54) is 12.1 Å². The normalized spacial score (nSPS) is 10.3. The Balaban J connectivity index is 2.17. The van der Waals surface area contributed by atoms with E-state index in [0.717, 1.165) is 9.35 Å². The number of aromatic nitrogens is 1. The van der Waals surface area contributed by atoms with Gasteiger partial charge in [0, 0.05) is 14.7 Å². The third kappa shape index (κ3) is 3.22. The van der Waals surface area contributed by atoms with E-state index >= 15 is 0 Å². The first-order valence-electron chi connectivity index (χ1n) is 4.93. The second-order valence-electron chi connectivity index (χ2n) is 3.42. The maximum Gasteiger partial charge on any atom is 0.339 e. The molecule has 4 nitrogen and oxygen atoms in total. The molecule has 0 aliphatic heterocycles. The number of carboxylic acids is 1. The maximum absolute atomic E-state index is 11.0. The first kappa shape index (κ1) is 13.3. The number of anilines is 1. The van der Waals surface area contributed by atoms with Crippen LogP contribution in [-0.4, -0.2) is 16.1 Å². The van der Waals surface area contributed by atoms with Crippen molar-refractivity contribution < 1.29 is 9.90 Å². The van der Waals surface area contributed by atoms with Gasteiger partial charge in [-0.05, 0) is 34.1 Å². The predicted molar refractivity (Wildman–Crippen MR) is 75.6 cm³/mol. The molecule has 2 aromatic rings. The third-order valence-electron chi connectivity index (χ3n) is 2.14. The lowest BCUT2D eigenvalue weighted by Gasteiger charge is -2.07. The molecule has 0 spiro atoms. The molecule has 94 valence electrons. The van der Waals surface area contributed by atoms with Gasteiger partial charge in [-0.25, -0.2) is 9.78 Å². The van der Waals surface area contributed by atoms with Crippen molar-refractivity contribution in [1.29, 1.82) is 0 Å². The van der Waals surface area contributed by atoms with Gasteiger partial charge in [0.2, 0.25) is 0 Å². The highest BCUT2D eigenvalue weighted by atomic mass is 79.9. The van der Waals surface area contributed by atoms with Crippen molar-refractivity contribution in [2.45, 2.75) is 6.54 Å². The molecule has 18 heavy (non-hydrogen) atoms. The summed E-state index contributed by atoms with van der Waals surface area (Å²) in [4.78, 5) is 16.1. The Morgan fingerprint density at radius 1 is 1.56 bits per heavy atom. The summed E-state index contributed by atoms with van der Waals surface area (Å²) in [6, 6.07) is 4.85. The van der Waals surface area contributed by atoms with Crippen LogP contribution in [0.15, 0.2) is 28.1 Å². The molecular formula is C11H8BrClN2O2S. The smallest absolute Gasteiger partial charge is 0.339 e. The Morgan fingerprint density at radius 2 is 2.33 bits per heavy atom. The quantitative estimate of drug-likeness (QED) is 0.824. The minimum absolute atomic E-state index is 0.107. The van der Waals surface area contributed by atoms with Crippen LogP contribution in [0.5, 0.6) is 0 Å². The van der Waals surface area contributed by atoms with Gasteiger partial charge in [-0.15, -0.1) is 11.3 Å². The first-order valence-corrected chi connectivity index (χ1v) is 6.98. The zero-order valence-electron chi connectivity index (χ0n) is 8.98. The molecule has 2 aromatic heterocycles. The number of pyridine rings is 1. The first-order chi connectivity index (χ1) is 8.56. The van der Waals surface area contributed by atoms with Crippen LogP contribution in [0.3, 0.4) is 0 Å². The number of carbonyl (C=O) groups is 1. The van der Waals surface area contributed by atoms with Gasteiger partial charge in [-0.3, -0.25) is 0 Å². The number of nitrogens with one attached hydrogen (secondary N) is 1. The average molecular weight is 348 g/mol. The molecule has 0 aromatic carbocycles. The number of nitrogens with zero attached hydrogens (tertiary/aromatic N) is 1. The van der Waals surface area contributed by atoms with Crippen LogP contribution in [0.2, 0.25) is 5.15 Å². The van der Waals surface area contributed by atoms with Gasteiger partial charge in [0.05, 0.1) is 6.54 Å². The Hall–Kier alpha value is -1.11. The van der Waals surface area contributed by atoms with E-state index < -0.39 is 5.97 Å². The standard InChI is InChI=1S/C11H8BrClN2O2S/c12-6-3-7(18-5-6)4-14-10-8(11(16)17)1-2-9(13)15-10/h1-3,5H,4H2,(H,14,15)(H,16,17). The summed E-state index contributed by atoms with van der Waals surface area (Å²) in [5.74, 6) is -0.756. The molecule has 0 aliphatic rings. The van der Waals surface area contributed by atoms with E-state index in [0.29, 0.717) is 6.54 Å². The molecule has 0 aliphatic carbocycles. The fourth-order valence-corrected chi connectivity index (χ4v) is 2.90. The van der Waals surface area contributed by atoms with Crippen LogP contribution in [0, 0.1) is 0 Å². The number of hydrogen-bond acceptors (Lipinski definition) is 4. The van der Waals surface area contributed by atoms with Crippen LogP contribution in [-0.2, 0) is 6.54 Å². The number of rotatable bonds is 4. The summed E-state index contributed by atoms with van der Waals surface area (Å²) in [5, 5.41) is 14.2. The predicted octanol–water partition coefficient (Wildman–Crippen LogP) is 3.87. The van der Waals surface area contributed by atoms with Gasteiger partial charge >= 0.3 is 5.97 Å². The minimum Gasteiger partial charge on any atom is -0.478 e. The van der Waals surface area contributed by atoms with E-state index in [1.807, 2.05) is 11.4 Å². The third-order valence-corrected chi connectivity index (χ3v) is 4.05. The molecule has 0 amide bonds. The van der Waals surface area contributed by atoms with E-state index in [-0.39, 0.29) is 16.5 Å². The van der Waals surface area contributed by atoms with Crippen molar-refractivity contribution in [1.82, 2.24) is 4.98 Å². The van der Waals surface area contributed by atoms with Crippen molar-refractivity contribution in [3.63, 3.8) is 0 Å². The Morgan fingerprint density at radius 3 is 2.94 bits per heavy atom. The molecule has 0 unspecified atom stereocenters. The van der Waals surface area contributed by atoms with Crippen molar-refractivity contribution in [2.75, 3.05) is 5.32 Å². The monoisotopic (exact) mass is 346 g/mol. The Labute approximate surface area is 121 Å². The Kier molecular flexibility index (Phi) is 4.21. The average Bonchev–Trinajstić information content (AvgIpc) is 2.72. The molecule has 0 atom stereocenters. The number of carboxylic acid groups (broad SMARTS) is 1. The van der Waals surface area contributed by atoms with Gasteiger partial charge < -0.3 is 10.4 Å². The van der Waals surface area contributed by atoms with Gasteiger partial charge in [0.1, 0.15) is 16.5 Å². The fourth-order valence-electron chi connectivity index (χ4n) is 1.36. The second-order valence-corrected chi connectivity index (χ2v) is 5.72. The van der Waals surface area contributed by atoms with Crippen molar-refractivity contribution in [2.24, 2.45) is 0 Å². The van der Waals surface area contributed by atoms with Gasteiger partial charge in [-0.2, -0.15) is 0 Å². The lowest BCUT2D eigenvalue weighted by molar-refractivity contribution is 0.0697. The van der Waals surface area contributed by atoms with Crippen molar-refractivity contribution in [3.8, 4) is 0 Å². The summed E-state index contributed by atoms with van der Waals surface area (Å²) in [5.41, 5.74) is 0.107. The molecule has 2 N–H and O–H groups in total. The molecule has 0 radical (unpaired) electrons. The SMILES string of the molecule is O=C(O)c1ccc(Cl)nc1NCc1cc(Br)cs1. The summed E-state index contributed by atoms with van der Waals surface area (Å²) < 4.78 is 1.00. The van der Waals surface area contributed by atoms with E-state index in [9.17, 15) is 4.79 Å². The highest BCUT2D eigenvalue weighted by Crippen LogP contribution is 2.22. The fraction of sp³-hybridized carbons (Fsp3) is 0.0909. The number of halogens is 2. The molecular weight excluding hydrogens is 340 g/mol. The summed E-state index contributed by atoms with van der Waals surface area (Å²) in [6.45, 7) is 0.504. The summed E-state index contributed by atoms with van der Waals surface area (Å²) in [6.07, 6.45) is 0. The van der Waals surface area contributed by atoms with E-state index in [1.54, 1.807) is 11.3 Å². The maximum atomic E-state index is 11.0. The lowest BCUT2D eigenvalue weighted by Crippen LogP contribution is -2.07. The van der Waals surface area contributed by atoms with Gasteiger partial charge in [0.15, 0.2) is 0 Å². The number of hydrogen-bond donors (Lipinski definition) is 2. The topological polar surface area (TPSA) is 62.2 Å². The molecule has 0 saturated heterocycles. The molecule has 7 heteroatoms. The van der Waals surface area contributed by atoms with E-state index in [4.69, 9.17) is 16.7 Å². The minimum atomic E-state index is -1.03. The van der Waals surface area contributed by atoms with Crippen LogP contribution in [0.25, 0.3) is 0 Å². The molecule has 0 bridgehead atoms. The van der Waals surface area contributed by atoms with Crippen molar-refractivity contribution >= 4 is 50.7 Å². The summed E-state index contributed by atoms with van der Waals surface area (Å²) in [7, 11) is 0. The highest BCUT2D eigenvalue weighted by molar-refractivity contribution is 9.10. The van der Waals surface area contributed by atoms with Gasteiger partial charge in [0.25, 0.3) is 0 Å². The van der Waals surface area contributed by atoms with E-state index in [2.05, 4.69) is 26.2 Å². The van der Waals surface area contributed by atoms with Crippen molar-refractivity contribution in [3.05, 3.63) is 43.6 Å². The zero-order chi connectivity index (χ0) is 13.1. The molecule has 0 saturated carbocycles. The van der Waals surface area contributed by atoms with Crippen LogP contribution in [0.1, 0.15) is 15.2 Å². The number of aromatic carboxylic acids is 1. The Bertz CT molecular complexity index is 588. The summed E-state index contributed by atoms with van der Waals surface area (Å²) >= 11 is 10.7. The van der Waals surface area contributed by atoms with Gasteiger partial charge in [-0.1, -0.05) is 11.6 Å². The highest BCUT2D eigenvalue weighted by Gasteiger charge is 2.12. The van der Waals surface area contributed by atoms with Crippen LogP contribution >= 0.6 is 38.9 Å². The molecule has 0 fully saturated rings. The van der Waals surface area contributed by atoms with Crippen LogP contribution < -0.4 is 5.32 Å². The largest absolute Gasteiger partial charge is 0.478 e. The zero-order valence-corrected chi connectivity index (χ0v) is 12.1.